The van der Waals surface area contributed by atoms with E-state index >= 15 is 0 Å². The van der Waals surface area contributed by atoms with Crippen molar-refractivity contribution in [2.24, 2.45) is 11.1 Å². The van der Waals surface area contributed by atoms with Gasteiger partial charge in [0.2, 0.25) is 0 Å². The van der Waals surface area contributed by atoms with Crippen LogP contribution in [-0.4, -0.2) is 17.5 Å². The van der Waals surface area contributed by atoms with Gasteiger partial charge in [0.05, 0.1) is 0 Å². The average molecular weight is 310 g/mol. The highest BCUT2D eigenvalue weighted by molar-refractivity contribution is 5.17. The lowest BCUT2D eigenvalue weighted by atomic mass is 9.87. The molecule has 0 amide bonds. The Labute approximate surface area is 141 Å². The average Bonchev–Trinajstić information content (AvgIpc) is 2.53. The van der Waals surface area contributed by atoms with Gasteiger partial charge < -0.3 is 5.73 Å². The molecule has 2 rings (SSSR count). The molecule has 0 aromatic heterocycles. The van der Waals surface area contributed by atoms with Crippen LogP contribution in [0.3, 0.4) is 0 Å². The van der Waals surface area contributed by atoms with Crippen LogP contribution in [0.4, 0.5) is 0 Å². The lowest BCUT2D eigenvalue weighted by molar-refractivity contribution is 0.137. The second kappa shape index (κ2) is 8.28. The molecule has 2 nitrogen and oxygen atoms in total. The summed E-state index contributed by atoms with van der Waals surface area (Å²) < 4.78 is 0. The molecular weight excluding hydrogens is 280 g/mol. The zero-order valence-electron chi connectivity index (χ0n) is 14.7. The van der Waals surface area contributed by atoms with Crippen LogP contribution in [0.15, 0.2) is 60.7 Å². The van der Waals surface area contributed by atoms with E-state index in [0.29, 0.717) is 12.6 Å². The van der Waals surface area contributed by atoms with Gasteiger partial charge in [0.1, 0.15) is 0 Å². The first-order valence-corrected chi connectivity index (χ1v) is 8.50. The SMILES string of the molecule is CC(C)(C)CC(CN)N(Cc1ccccc1)Cc1ccccc1. The molecule has 1 unspecified atom stereocenters. The van der Waals surface area contributed by atoms with E-state index in [9.17, 15) is 0 Å². The third kappa shape index (κ3) is 6.17. The molecule has 2 heteroatoms. The summed E-state index contributed by atoms with van der Waals surface area (Å²) in [6.45, 7) is 9.44. The monoisotopic (exact) mass is 310 g/mol. The van der Waals surface area contributed by atoms with Gasteiger partial charge in [-0.3, -0.25) is 4.90 Å². The quantitative estimate of drug-likeness (QED) is 0.818. The molecule has 23 heavy (non-hydrogen) atoms. The molecule has 0 aliphatic heterocycles. The van der Waals surface area contributed by atoms with Gasteiger partial charge in [-0.1, -0.05) is 81.4 Å². The molecule has 0 spiro atoms. The van der Waals surface area contributed by atoms with Crippen LogP contribution < -0.4 is 5.73 Å². The fourth-order valence-corrected chi connectivity index (χ4v) is 3.02. The summed E-state index contributed by atoms with van der Waals surface area (Å²) in [6, 6.07) is 21.7. The minimum atomic E-state index is 0.273. The van der Waals surface area contributed by atoms with E-state index in [2.05, 4.69) is 86.3 Å². The van der Waals surface area contributed by atoms with Crippen LogP contribution in [-0.2, 0) is 13.1 Å². The Balaban J connectivity index is 2.18. The zero-order chi connectivity index (χ0) is 16.7. The summed E-state index contributed by atoms with van der Waals surface area (Å²) in [7, 11) is 0. The number of benzene rings is 2. The Bertz CT molecular complexity index is 516. The zero-order valence-corrected chi connectivity index (χ0v) is 14.7. The van der Waals surface area contributed by atoms with Gasteiger partial charge in [-0.05, 0) is 23.0 Å². The second-order valence-electron chi connectivity index (χ2n) is 7.53. The van der Waals surface area contributed by atoms with Crippen molar-refractivity contribution >= 4 is 0 Å². The Kier molecular flexibility index (Phi) is 6.37. The minimum absolute atomic E-state index is 0.273. The number of rotatable bonds is 7. The van der Waals surface area contributed by atoms with Crippen LogP contribution >= 0.6 is 0 Å². The van der Waals surface area contributed by atoms with E-state index in [0.717, 1.165) is 19.5 Å². The number of hydrogen-bond acceptors (Lipinski definition) is 2. The van der Waals surface area contributed by atoms with Crippen LogP contribution in [0.2, 0.25) is 0 Å². The fraction of sp³-hybridized carbons (Fsp3) is 0.429. The number of nitrogens with two attached hydrogens (primary N) is 1. The van der Waals surface area contributed by atoms with Crippen LogP contribution in [0.25, 0.3) is 0 Å². The standard InChI is InChI=1S/C21H30N2/c1-21(2,3)14-20(15-22)23(16-18-10-6-4-7-11-18)17-19-12-8-5-9-13-19/h4-13,20H,14-17,22H2,1-3H3. The predicted molar refractivity (Wildman–Crippen MR) is 99.0 cm³/mol. The Morgan fingerprint density at radius 1 is 0.826 bits per heavy atom. The van der Waals surface area contributed by atoms with E-state index in [1.165, 1.54) is 11.1 Å². The van der Waals surface area contributed by atoms with Gasteiger partial charge >= 0.3 is 0 Å². The molecule has 124 valence electrons. The lowest BCUT2D eigenvalue weighted by Gasteiger charge is -2.35. The summed E-state index contributed by atoms with van der Waals surface area (Å²) >= 11 is 0. The van der Waals surface area contributed by atoms with E-state index in [-0.39, 0.29) is 5.41 Å². The van der Waals surface area contributed by atoms with Gasteiger partial charge in [-0.2, -0.15) is 0 Å². The fourth-order valence-electron chi connectivity index (χ4n) is 3.02. The molecule has 0 saturated carbocycles. The summed E-state index contributed by atoms with van der Waals surface area (Å²) in [5, 5.41) is 0. The maximum atomic E-state index is 6.15. The van der Waals surface area contributed by atoms with Gasteiger partial charge in [-0.15, -0.1) is 0 Å². The molecule has 0 saturated heterocycles. The van der Waals surface area contributed by atoms with Gasteiger partial charge in [0.15, 0.2) is 0 Å². The first-order valence-electron chi connectivity index (χ1n) is 8.50. The van der Waals surface area contributed by atoms with E-state index in [4.69, 9.17) is 5.73 Å². The third-order valence-electron chi connectivity index (χ3n) is 4.09. The molecule has 2 aromatic rings. The third-order valence-corrected chi connectivity index (χ3v) is 4.09. The normalized spacial score (nSPS) is 13.3. The molecule has 2 aromatic carbocycles. The van der Waals surface area contributed by atoms with E-state index in [1.54, 1.807) is 0 Å². The van der Waals surface area contributed by atoms with Crippen molar-refractivity contribution in [1.82, 2.24) is 4.90 Å². The van der Waals surface area contributed by atoms with Crippen molar-refractivity contribution in [1.29, 1.82) is 0 Å². The van der Waals surface area contributed by atoms with Crippen molar-refractivity contribution in [2.75, 3.05) is 6.54 Å². The molecule has 2 N–H and O–H groups in total. The minimum Gasteiger partial charge on any atom is -0.329 e. The molecule has 0 aliphatic rings. The van der Waals surface area contributed by atoms with Crippen molar-refractivity contribution in [3.05, 3.63) is 71.8 Å². The number of nitrogens with zero attached hydrogens (tertiary/aromatic N) is 1. The highest BCUT2D eigenvalue weighted by Gasteiger charge is 2.23. The van der Waals surface area contributed by atoms with Crippen LogP contribution in [0.1, 0.15) is 38.3 Å². The number of hydrogen-bond donors (Lipinski definition) is 1. The Morgan fingerprint density at radius 2 is 1.26 bits per heavy atom. The van der Waals surface area contributed by atoms with Gasteiger partial charge in [-0.25, -0.2) is 0 Å². The predicted octanol–water partition coefficient (Wildman–Crippen LogP) is 4.45. The van der Waals surface area contributed by atoms with Crippen LogP contribution in [0.5, 0.6) is 0 Å². The van der Waals surface area contributed by atoms with Gasteiger partial charge in [0, 0.05) is 25.7 Å². The molecule has 0 heterocycles. The van der Waals surface area contributed by atoms with Crippen molar-refractivity contribution in [3.8, 4) is 0 Å². The highest BCUT2D eigenvalue weighted by atomic mass is 15.2. The van der Waals surface area contributed by atoms with Gasteiger partial charge in [0.25, 0.3) is 0 Å². The first-order chi connectivity index (χ1) is 11.0. The summed E-state index contributed by atoms with van der Waals surface area (Å²) in [6.07, 6.45) is 1.10. The molecule has 0 aliphatic carbocycles. The van der Waals surface area contributed by atoms with E-state index in [1.807, 2.05) is 0 Å². The van der Waals surface area contributed by atoms with Crippen molar-refractivity contribution in [3.63, 3.8) is 0 Å². The Hall–Kier alpha value is -1.64. The maximum Gasteiger partial charge on any atom is 0.0240 e. The smallest absolute Gasteiger partial charge is 0.0240 e. The van der Waals surface area contributed by atoms with Crippen molar-refractivity contribution in [2.45, 2.75) is 46.3 Å². The first kappa shape index (κ1) is 17.7. The Morgan fingerprint density at radius 3 is 1.61 bits per heavy atom. The van der Waals surface area contributed by atoms with Crippen LogP contribution in [0, 0.1) is 5.41 Å². The second-order valence-corrected chi connectivity index (χ2v) is 7.53. The molecular formula is C21H30N2. The largest absolute Gasteiger partial charge is 0.329 e. The van der Waals surface area contributed by atoms with Crippen molar-refractivity contribution < 1.29 is 0 Å². The van der Waals surface area contributed by atoms with E-state index < -0.39 is 0 Å². The molecule has 0 radical (unpaired) electrons. The lowest BCUT2D eigenvalue weighted by Crippen LogP contribution is -2.42. The summed E-state index contributed by atoms with van der Waals surface area (Å²) in [5.41, 5.74) is 9.11. The maximum absolute atomic E-state index is 6.15. The molecule has 0 fully saturated rings. The topological polar surface area (TPSA) is 29.3 Å². The summed E-state index contributed by atoms with van der Waals surface area (Å²) in [4.78, 5) is 2.52. The highest BCUT2D eigenvalue weighted by Crippen LogP contribution is 2.25. The molecule has 1 atom stereocenters. The summed E-state index contributed by atoms with van der Waals surface area (Å²) in [5.74, 6) is 0. The molecule has 0 bridgehead atoms.